The topological polar surface area (TPSA) is 21.3 Å². The quantitative estimate of drug-likeness (QED) is 0.841. The van der Waals surface area contributed by atoms with Crippen molar-refractivity contribution in [2.45, 2.75) is 52.2 Å². The van der Waals surface area contributed by atoms with Crippen LogP contribution in [0.5, 0.6) is 0 Å². The summed E-state index contributed by atoms with van der Waals surface area (Å²) in [5.74, 6) is 0.735. The highest BCUT2D eigenvalue weighted by molar-refractivity contribution is 6.30. The summed E-state index contributed by atoms with van der Waals surface area (Å²) in [4.78, 5) is 0. The van der Waals surface area contributed by atoms with Crippen LogP contribution in [-0.4, -0.2) is 19.7 Å². The van der Waals surface area contributed by atoms with Gasteiger partial charge in [-0.25, -0.2) is 0 Å². The van der Waals surface area contributed by atoms with E-state index in [1.54, 1.807) is 0 Å². The normalized spacial score (nSPS) is 26.5. The van der Waals surface area contributed by atoms with Crippen LogP contribution >= 0.6 is 11.6 Å². The molecule has 2 nitrogen and oxygen atoms in total. The van der Waals surface area contributed by atoms with Crippen molar-refractivity contribution >= 4 is 11.6 Å². The summed E-state index contributed by atoms with van der Waals surface area (Å²) in [6.45, 7) is 7.88. The predicted octanol–water partition coefficient (Wildman–Crippen LogP) is 4.83. The molecule has 3 heteroatoms. The number of hydrogen-bond acceptors (Lipinski definition) is 2. The maximum absolute atomic E-state index is 6.46. The molecule has 1 aliphatic carbocycles. The third-order valence-electron chi connectivity index (χ3n) is 4.33. The highest BCUT2D eigenvalue weighted by Gasteiger charge is 2.33. The van der Waals surface area contributed by atoms with E-state index >= 15 is 0 Å². The molecule has 118 valence electrons. The minimum absolute atomic E-state index is 0.0957. The van der Waals surface area contributed by atoms with Crippen LogP contribution < -0.4 is 5.32 Å². The van der Waals surface area contributed by atoms with Crippen molar-refractivity contribution in [3.8, 4) is 0 Å². The van der Waals surface area contributed by atoms with Gasteiger partial charge in [0.1, 0.15) is 0 Å². The van der Waals surface area contributed by atoms with Gasteiger partial charge in [0.2, 0.25) is 0 Å². The molecule has 0 spiro atoms. The second-order valence-corrected chi connectivity index (χ2v) is 7.71. The summed E-state index contributed by atoms with van der Waals surface area (Å²) in [6, 6.07) is 8.02. The molecule has 1 N–H and O–H groups in total. The molecule has 3 unspecified atom stereocenters. The largest absolute Gasteiger partial charge is 0.369 e. The number of nitrogens with one attached hydrogen (secondary N) is 1. The van der Waals surface area contributed by atoms with Crippen molar-refractivity contribution in [2.75, 3.05) is 13.6 Å². The van der Waals surface area contributed by atoms with Crippen molar-refractivity contribution in [3.63, 3.8) is 0 Å². The van der Waals surface area contributed by atoms with Crippen LogP contribution in [0.1, 0.15) is 51.7 Å². The van der Waals surface area contributed by atoms with Gasteiger partial charge < -0.3 is 10.1 Å². The third kappa shape index (κ3) is 4.98. The van der Waals surface area contributed by atoms with Crippen LogP contribution in [0.2, 0.25) is 5.02 Å². The van der Waals surface area contributed by atoms with Gasteiger partial charge in [-0.2, -0.15) is 0 Å². The van der Waals surface area contributed by atoms with Gasteiger partial charge in [-0.05, 0) is 55.3 Å². The minimum atomic E-state index is 0.0957. The lowest BCUT2D eigenvalue weighted by Crippen LogP contribution is -2.35. The summed E-state index contributed by atoms with van der Waals surface area (Å²) in [5.41, 5.74) is 1.58. The summed E-state index contributed by atoms with van der Waals surface area (Å²) >= 11 is 5.99. The van der Waals surface area contributed by atoms with Gasteiger partial charge in [0.05, 0.1) is 12.2 Å². The molecule has 1 aromatic carbocycles. The highest BCUT2D eigenvalue weighted by atomic mass is 35.5. The van der Waals surface area contributed by atoms with E-state index in [2.05, 4.69) is 38.2 Å². The molecule has 0 aromatic heterocycles. The lowest BCUT2D eigenvalue weighted by molar-refractivity contribution is -0.0656. The van der Waals surface area contributed by atoms with Crippen molar-refractivity contribution in [1.29, 1.82) is 0 Å². The van der Waals surface area contributed by atoms with E-state index in [1.807, 2.05) is 19.2 Å². The number of likely N-dealkylation sites (N-methyl/N-ethyl adjacent to an activating group) is 1. The Morgan fingerprint density at radius 2 is 1.95 bits per heavy atom. The molecule has 0 radical (unpaired) electrons. The maximum Gasteiger partial charge on any atom is 0.0952 e. The van der Waals surface area contributed by atoms with Crippen LogP contribution in [0.25, 0.3) is 0 Å². The first kappa shape index (κ1) is 16.8. The zero-order valence-electron chi connectivity index (χ0n) is 13.7. The fourth-order valence-electron chi connectivity index (χ4n) is 3.70. The fourth-order valence-corrected chi connectivity index (χ4v) is 3.83. The van der Waals surface area contributed by atoms with E-state index < -0.39 is 0 Å². The summed E-state index contributed by atoms with van der Waals surface area (Å²) in [5, 5.41) is 4.02. The van der Waals surface area contributed by atoms with Gasteiger partial charge in [-0.1, -0.05) is 44.5 Å². The van der Waals surface area contributed by atoms with Crippen molar-refractivity contribution in [3.05, 3.63) is 34.9 Å². The predicted molar refractivity (Wildman–Crippen MR) is 89.8 cm³/mol. The molecule has 2 rings (SSSR count). The molecule has 0 saturated heterocycles. The lowest BCUT2D eigenvalue weighted by Gasteiger charge is -2.40. The van der Waals surface area contributed by atoms with E-state index in [1.165, 1.54) is 12.0 Å². The summed E-state index contributed by atoms with van der Waals surface area (Å²) in [6.07, 6.45) is 4.04. The van der Waals surface area contributed by atoms with Crippen LogP contribution in [0.15, 0.2) is 24.3 Å². The summed E-state index contributed by atoms with van der Waals surface area (Å²) in [7, 11) is 1.97. The maximum atomic E-state index is 6.46. The van der Waals surface area contributed by atoms with Crippen molar-refractivity contribution in [1.82, 2.24) is 5.32 Å². The molecule has 3 atom stereocenters. The molecule has 1 aliphatic rings. The number of rotatable bonds is 5. The first-order valence-electron chi connectivity index (χ1n) is 7.95. The highest BCUT2D eigenvalue weighted by Crippen LogP contribution is 2.41. The Morgan fingerprint density at radius 1 is 1.29 bits per heavy atom. The Labute approximate surface area is 134 Å². The minimum Gasteiger partial charge on any atom is -0.369 e. The van der Waals surface area contributed by atoms with Crippen LogP contribution in [0.4, 0.5) is 0 Å². The van der Waals surface area contributed by atoms with Gasteiger partial charge in [-0.15, -0.1) is 0 Å². The lowest BCUT2D eigenvalue weighted by atomic mass is 9.71. The number of halogens is 1. The average Bonchev–Trinajstić information content (AvgIpc) is 2.36. The van der Waals surface area contributed by atoms with Crippen LogP contribution in [0.3, 0.4) is 0 Å². The zero-order chi connectivity index (χ0) is 15.5. The van der Waals surface area contributed by atoms with E-state index in [0.29, 0.717) is 11.5 Å². The van der Waals surface area contributed by atoms with Crippen LogP contribution in [-0.2, 0) is 4.74 Å². The second-order valence-electron chi connectivity index (χ2n) is 7.27. The van der Waals surface area contributed by atoms with Gasteiger partial charge >= 0.3 is 0 Å². The van der Waals surface area contributed by atoms with E-state index in [-0.39, 0.29) is 6.10 Å². The number of benzene rings is 1. The van der Waals surface area contributed by atoms with E-state index in [0.717, 1.165) is 30.3 Å². The molecule has 0 amide bonds. The fraction of sp³-hybridized carbons (Fsp3) is 0.667. The molecule has 0 aliphatic heterocycles. The van der Waals surface area contributed by atoms with E-state index in [4.69, 9.17) is 16.3 Å². The van der Waals surface area contributed by atoms with Gasteiger partial charge in [-0.3, -0.25) is 0 Å². The third-order valence-corrected chi connectivity index (χ3v) is 4.59. The Kier molecular flexibility index (Phi) is 5.70. The van der Waals surface area contributed by atoms with E-state index in [9.17, 15) is 0 Å². The Morgan fingerprint density at radius 3 is 2.52 bits per heavy atom. The SMILES string of the molecule is CNCC(OC1CC(C)CC(C)(C)C1)c1ccc(Cl)cc1. The molecule has 0 bridgehead atoms. The molecule has 1 fully saturated rings. The molecule has 1 aromatic rings. The first-order chi connectivity index (χ1) is 9.89. The van der Waals surface area contributed by atoms with Crippen molar-refractivity contribution < 1.29 is 4.74 Å². The first-order valence-corrected chi connectivity index (χ1v) is 8.33. The van der Waals surface area contributed by atoms with Crippen molar-refractivity contribution in [2.24, 2.45) is 11.3 Å². The molecular formula is C18H28ClNO. The molecule has 21 heavy (non-hydrogen) atoms. The molecule has 1 saturated carbocycles. The summed E-state index contributed by atoms with van der Waals surface area (Å²) < 4.78 is 6.46. The Balaban J connectivity index is 2.07. The number of hydrogen-bond donors (Lipinski definition) is 1. The molecular weight excluding hydrogens is 282 g/mol. The standard InChI is InChI=1S/C18H28ClNO/c1-13-9-16(11-18(2,3)10-13)21-17(12-20-4)14-5-7-15(19)8-6-14/h5-8,13,16-17,20H,9-12H2,1-4H3. The van der Waals surface area contributed by atoms with Gasteiger partial charge in [0.25, 0.3) is 0 Å². The van der Waals surface area contributed by atoms with Gasteiger partial charge in [0.15, 0.2) is 0 Å². The Hall–Kier alpha value is -0.570. The molecule has 0 heterocycles. The smallest absolute Gasteiger partial charge is 0.0952 e. The zero-order valence-corrected chi connectivity index (χ0v) is 14.4. The van der Waals surface area contributed by atoms with Gasteiger partial charge in [0, 0.05) is 11.6 Å². The average molecular weight is 310 g/mol. The van der Waals surface area contributed by atoms with Crippen LogP contribution in [0, 0.1) is 11.3 Å². The monoisotopic (exact) mass is 309 g/mol. The Bertz CT molecular complexity index is 443. The second kappa shape index (κ2) is 7.13. The number of ether oxygens (including phenoxy) is 1.